The molecule has 5 heteroatoms. The molecule has 0 bridgehead atoms. The Morgan fingerprint density at radius 3 is 2.81 bits per heavy atom. The van der Waals surface area contributed by atoms with E-state index >= 15 is 4.39 Å². The van der Waals surface area contributed by atoms with Crippen molar-refractivity contribution in [1.29, 1.82) is 0 Å². The normalized spacial score (nSPS) is 21.8. The van der Waals surface area contributed by atoms with Crippen molar-refractivity contribution in [3.05, 3.63) is 52.9 Å². The number of hydrogen-bond donors (Lipinski definition) is 0. The maximum Gasteiger partial charge on any atom is 0.292 e. The number of alkyl halides is 1. The predicted molar refractivity (Wildman–Crippen MR) is 75.7 cm³/mol. The Hall–Kier alpha value is -2.17. The van der Waals surface area contributed by atoms with E-state index in [0.717, 1.165) is 5.56 Å². The molecule has 110 valence electrons. The number of hydrogen-bond acceptors (Lipinski definition) is 3. The van der Waals surface area contributed by atoms with Crippen molar-refractivity contribution in [1.82, 2.24) is 10.1 Å². The average Bonchev–Trinajstić information content (AvgIpc) is 3.06. The number of carbonyl (C=O) groups is 1. The number of nitrogens with zero attached hydrogens (tertiary/aromatic N) is 2. The van der Waals surface area contributed by atoms with Gasteiger partial charge in [-0.25, -0.2) is 4.39 Å². The molecule has 0 spiro atoms. The van der Waals surface area contributed by atoms with Gasteiger partial charge in [0, 0.05) is 19.0 Å². The zero-order valence-electron chi connectivity index (χ0n) is 12.1. The lowest BCUT2D eigenvalue weighted by molar-refractivity contribution is 0.0709. The van der Waals surface area contributed by atoms with Crippen LogP contribution in [0.15, 0.2) is 34.9 Å². The minimum absolute atomic E-state index is 0.0520. The van der Waals surface area contributed by atoms with E-state index in [1.54, 1.807) is 19.1 Å². The fourth-order valence-electron chi connectivity index (χ4n) is 2.86. The van der Waals surface area contributed by atoms with Crippen molar-refractivity contribution < 1.29 is 13.7 Å². The molecule has 1 saturated heterocycles. The molecule has 0 radical (unpaired) electrons. The van der Waals surface area contributed by atoms with Crippen LogP contribution < -0.4 is 0 Å². The van der Waals surface area contributed by atoms with Gasteiger partial charge in [-0.1, -0.05) is 29.4 Å². The lowest BCUT2D eigenvalue weighted by Crippen LogP contribution is -2.32. The summed E-state index contributed by atoms with van der Waals surface area (Å²) in [6.07, 6.45) is 0.302. The summed E-state index contributed by atoms with van der Waals surface area (Å²) in [4.78, 5) is 13.8. The molecule has 0 aliphatic carbocycles. The van der Waals surface area contributed by atoms with E-state index in [0.29, 0.717) is 24.2 Å². The summed E-state index contributed by atoms with van der Waals surface area (Å²) in [7, 11) is 0. The van der Waals surface area contributed by atoms with Gasteiger partial charge in [-0.3, -0.25) is 4.79 Å². The number of likely N-dealkylation sites (tertiary alicyclic amines) is 1. The van der Waals surface area contributed by atoms with Crippen LogP contribution in [0.2, 0.25) is 0 Å². The Balaban J connectivity index is 1.82. The number of rotatable bonds is 2. The first-order valence-electron chi connectivity index (χ1n) is 6.97. The van der Waals surface area contributed by atoms with Gasteiger partial charge in [0.2, 0.25) is 5.76 Å². The lowest BCUT2D eigenvalue weighted by atomic mass is 9.91. The number of halogens is 1. The van der Waals surface area contributed by atoms with Crippen molar-refractivity contribution in [2.24, 2.45) is 0 Å². The molecule has 4 nitrogen and oxygen atoms in total. The third-order valence-corrected chi connectivity index (χ3v) is 3.97. The Morgan fingerprint density at radius 1 is 1.38 bits per heavy atom. The Labute approximate surface area is 122 Å². The van der Waals surface area contributed by atoms with Crippen LogP contribution in [0.3, 0.4) is 0 Å². The van der Waals surface area contributed by atoms with Gasteiger partial charge < -0.3 is 9.42 Å². The smallest absolute Gasteiger partial charge is 0.292 e. The summed E-state index contributed by atoms with van der Waals surface area (Å²) in [5, 5.41) is 3.70. The van der Waals surface area contributed by atoms with Gasteiger partial charge in [-0.15, -0.1) is 0 Å². The zero-order valence-corrected chi connectivity index (χ0v) is 12.1. The van der Waals surface area contributed by atoms with Gasteiger partial charge in [0.25, 0.3) is 5.91 Å². The highest BCUT2D eigenvalue weighted by molar-refractivity contribution is 5.91. The summed E-state index contributed by atoms with van der Waals surface area (Å²) in [6, 6.07) is 8.97. The molecule has 1 aliphatic rings. The molecular weight excluding hydrogens is 271 g/mol. The first kappa shape index (κ1) is 13.8. The maximum atomic E-state index is 15.2. The molecular formula is C16H17FN2O2. The van der Waals surface area contributed by atoms with Crippen LogP contribution in [-0.2, 0) is 5.67 Å². The summed E-state index contributed by atoms with van der Waals surface area (Å²) in [5.74, 6) is -0.134. The molecule has 0 saturated carbocycles. The molecule has 3 rings (SSSR count). The van der Waals surface area contributed by atoms with Crippen molar-refractivity contribution in [3.63, 3.8) is 0 Å². The number of benzene rings is 1. The molecule has 21 heavy (non-hydrogen) atoms. The highest BCUT2D eigenvalue weighted by Gasteiger charge is 2.43. The number of aryl methyl sites for hydroxylation is 2. The van der Waals surface area contributed by atoms with Crippen LogP contribution in [-0.4, -0.2) is 29.1 Å². The van der Waals surface area contributed by atoms with E-state index in [-0.39, 0.29) is 18.2 Å². The maximum absolute atomic E-state index is 15.2. The third kappa shape index (κ3) is 2.44. The average molecular weight is 288 g/mol. The van der Waals surface area contributed by atoms with Gasteiger partial charge in [-0.2, -0.15) is 0 Å². The minimum atomic E-state index is -1.49. The zero-order chi connectivity index (χ0) is 15.0. The first-order chi connectivity index (χ1) is 9.99. The van der Waals surface area contributed by atoms with E-state index in [4.69, 9.17) is 4.52 Å². The lowest BCUT2D eigenvalue weighted by Gasteiger charge is -2.22. The van der Waals surface area contributed by atoms with Crippen molar-refractivity contribution in [2.45, 2.75) is 25.9 Å². The second-order valence-corrected chi connectivity index (χ2v) is 5.59. The van der Waals surface area contributed by atoms with Crippen LogP contribution in [0.4, 0.5) is 4.39 Å². The number of aromatic nitrogens is 1. The van der Waals surface area contributed by atoms with E-state index in [9.17, 15) is 4.79 Å². The molecule has 1 atom stereocenters. The van der Waals surface area contributed by atoms with Gasteiger partial charge in [0.15, 0.2) is 5.67 Å². The van der Waals surface area contributed by atoms with Crippen molar-refractivity contribution in [2.75, 3.05) is 13.1 Å². The molecule has 1 aliphatic heterocycles. The monoisotopic (exact) mass is 288 g/mol. The predicted octanol–water partition coefficient (Wildman–Crippen LogP) is 3.00. The molecule has 1 aromatic heterocycles. The fourth-order valence-corrected chi connectivity index (χ4v) is 2.86. The van der Waals surface area contributed by atoms with Crippen molar-refractivity contribution >= 4 is 5.91 Å². The summed E-state index contributed by atoms with van der Waals surface area (Å²) < 4.78 is 20.2. The van der Waals surface area contributed by atoms with E-state index in [2.05, 4.69) is 5.16 Å². The topological polar surface area (TPSA) is 46.3 Å². The van der Waals surface area contributed by atoms with Crippen molar-refractivity contribution in [3.8, 4) is 0 Å². The van der Waals surface area contributed by atoms with Gasteiger partial charge in [-0.05, 0) is 25.0 Å². The highest BCUT2D eigenvalue weighted by Crippen LogP contribution is 2.38. The minimum Gasteiger partial charge on any atom is -0.351 e. The largest absolute Gasteiger partial charge is 0.351 e. The van der Waals surface area contributed by atoms with E-state index < -0.39 is 5.67 Å². The fraction of sp³-hybridized carbons (Fsp3) is 0.375. The molecule has 2 heterocycles. The second-order valence-electron chi connectivity index (χ2n) is 5.59. The summed E-state index contributed by atoms with van der Waals surface area (Å²) in [5.41, 5.74) is 0.720. The van der Waals surface area contributed by atoms with Gasteiger partial charge in [0.1, 0.15) is 0 Å². The molecule has 0 unspecified atom stereocenters. The van der Waals surface area contributed by atoms with Crippen LogP contribution in [0.25, 0.3) is 0 Å². The second kappa shape index (κ2) is 4.98. The van der Waals surface area contributed by atoms with Crippen LogP contribution in [0.5, 0.6) is 0 Å². The van der Waals surface area contributed by atoms with Gasteiger partial charge in [0.05, 0.1) is 12.2 Å². The highest BCUT2D eigenvalue weighted by atomic mass is 19.1. The van der Waals surface area contributed by atoms with Crippen LogP contribution >= 0.6 is 0 Å². The summed E-state index contributed by atoms with van der Waals surface area (Å²) >= 11 is 0. The summed E-state index contributed by atoms with van der Waals surface area (Å²) in [6.45, 7) is 4.07. The quantitative estimate of drug-likeness (QED) is 0.853. The Morgan fingerprint density at radius 2 is 2.14 bits per heavy atom. The number of carbonyl (C=O) groups excluding carboxylic acids is 1. The molecule has 1 fully saturated rings. The van der Waals surface area contributed by atoms with E-state index in [1.165, 1.54) is 4.90 Å². The molecule has 1 amide bonds. The first-order valence-corrected chi connectivity index (χ1v) is 6.97. The Bertz CT molecular complexity index is 682. The van der Waals surface area contributed by atoms with E-state index in [1.807, 2.05) is 25.1 Å². The van der Waals surface area contributed by atoms with Crippen LogP contribution in [0.1, 0.15) is 33.8 Å². The van der Waals surface area contributed by atoms with Gasteiger partial charge >= 0.3 is 0 Å². The van der Waals surface area contributed by atoms with Crippen LogP contribution in [0, 0.1) is 13.8 Å². The SMILES string of the molecule is Cc1cc(C(=O)N2CC[C@](F)(c3ccccc3C)C2)on1. The number of amides is 1. The Kier molecular flexibility index (Phi) is 3.27. The molecule has 0 N–H and O–H groups in total. The molecule has 2 aromatic rings. The molecule has 1 aromatic carbocycles. The third-order valence-electron chi connectivity index (χ3n) is 3.97. The standard InChI is InChI=1S/C16H17FN2O2/c1-11-5-3-4-6-13(11)16(17)7-8-19(10-16)15(20)14-9-12(2)18-21-14/h3-6,9H,7-8,10H2,1-2H3/t16-/m1/s1.